The average molecular weight is 282 g/mol. The molecule has 3 aromatic rings. The van der Waals surface area contributed by atoms with Gasteiger partial charge in [-0.3, -0.25) is 0 Å². The summed E-state index contributed by atoms with van der Waals surface area (Å²) < 4.78 is 1.18. The fraction of sp³-hybridized carbons (Fsp3) is 0.222. The molecule has 1 unspecified atom stereocenters. The van der Waals surface area contributed by atoms with Crippen molar-refractivity contribution in [3.05, 3.63) is 69.6 Å². The minimum Gasteiger partial charge on any atom is -0.384 e. The van der Waals surface area contributed by atoms with Gasteiger partial charge in [0.2, 0.25) is 0 Å². The highest BCUT2D eigenvalue weighted by Gasteiger charge is 2.17. The second-order valence-electron chi connectivity index (χ2n) is 5.38. The number of rotatable bonds is 2. The zero-order chi connectivity index (χ0) is 14.3. The Balaban J connectivity index is 2.15. The number of fused-ring (bicyclic) bond motifs is 1. The second kappa shape index (κ2) is 5.04. The lowest BCUT2D eigenvalue weighted by molar-refractivity contribution is 0.221. The van der Waals surface area contributed by atoms with Gasteiger partial charge >= 0.3 is 0 Å². The van der Waals surface area contributed by atoms with Crippen LogP contribution in [0, 0.1) is 20.8 Å². The zero-order valence-corrected chi connectivity index (χ0v) is 12.8. The number of aryl methyl sites for hydroxylation is 3. The van der Waals surface area contributed by atoms with Crippen molar-refractivity contribution < 1.29 is 5.11 Å². The molecule has 1 N–H and O–H groups in total. The van der Waals surface area contributed by atoms with Crippen molar-refractivity contribution in [2.24, 2.45) is 0 Å². The van der Waals surface area contributed by atoms with E-state index >= 15 is 0 Å². The first-order valence-electron chi connectivity index (χ1n) is 6.80. The van der Waals surface area contributed by atoms with Gasteiger partial charge in [-0.2, -0.15) is 0 Å². The predicted octanol–water partition coefficient (Wildman–Crippen LogP) is 4.91. The second-order valence-corrected chi connectivity index (χ2v) is 6.30. The molecule has 0 aliphatic rings. The van der Waals surface area contributed by atoms with Crippen LogP contribution in [0.2, 0.25) is 0 Å². The summed E-state index contributed by atoms with van der Waals surface area (Å²) in [4.78, 5) is 0. The summed E-state index contributed by atoms with van der Waals surface area (Å²) in [5, 5.41) is 14.1. The molecule has 102 valence electrons. The Morgan fingerprint density at radius 2 is 1.65 bits per heavy atom. The van der Waals surface area contributed by atoms with Crippen LogP contribution in [-0.4, -0.2) is 5.11 Å². The molecule has 1 atom stereocenters. The summed E-state index contributed by atoms with van der Waals surface area (Å²) in [5.41, 5.74) is 5.66. The van der Waals surface area contributed by atoms with E-state index in [1.165, 1.54) is 21.2 Å². The van der Waals surface area contributed by atoms with E-state index in [2.05, 4.69) is 50.4 Å². The molecule has 0 spiro atoms. The number of aliphatic hydroxyl groups excluding tert-OH is 1. The van der Waals surface area contributed by atoms with E-state index in [1.54, 1.807) is 11.3 Å². The third kappa shape index (κ3) is 2.15. The van der Waals surface area contributed by atoms with Crippen LogP contribution in [-0.2, 0) is 0 Å². The first-order chi connectivity index (χ1) is 9.58. The maximum Gasteiger partial charge on any atom is 0.106 e. The molecule has 0 saturated carbocycles. The van der Waals surface area contributed by atoms with E-state index in [1.807, 2.05) is 12.1 Å². The van der Waals surface area contributed by atoms with Crippen LogP contribution in [0.15, 0.2) is 41.8 Å². The highest BCUT2D eigenvalue weighted by molar-refractivity contribution is 7.17. The molecule has 0 amide bonds. The molecule has 2 heteroatoms. The molecule has 1 heterocycles. The lowest BCUT2D eigenvalue weighted by atomic mass is 9.93. The van der Waals surface area contributed by atoms with E-state index < -0.39 is 6.10 Å². The molecule has 3 rings (SSSR count). The first-order valence-corrected chi connectivity index (χ1v) is 7.68. The number of hydrogen-bond donors (Lipinski definition) is 1. The number of aliphatic hydroxyl groups is 1. The van der Waals surface area contributed by atoms with Gasteiger partial charge in [-0.15, -0.1) is 11.3 Å². The van der Waals surface area contributed by atoms with Gasteiger partial charge in [-0.25, -0.2) is 0 Å². The van der Waals surface area contributed by atoms with E-state index in [4.69, 9.17) is 0 Å². The summed E-state index contributed by atoms with van der Waals surface area (Å²) >= 11 is 1.69. The molecular formula is C18H18OS. The van der Waals surface area contributed by atoms with Gasteiger partial charge < -0.3 is 5.11 Å². The van der Waals surface area contributed by atoms with Gasteiger partial charge in [0.25, 0.3) is 0 Å². The minimum absolute atomic E-state index is 0.559. The van der Waals surface area contributed by atoms with Crippen LogP contribution >= 0.6 is 11.3 Å². The van der Waals surface area contributed by atoms with Gasteiger partial charge in [0, 0.05) is 10.3 Å². The Morgan fingerprint density at radius 3 is 2.45 bits per heavy atom. The molecule has 2 aromatic carbocycles. The predicted molar refractivity (Wildman–Crippen MR) is 86.5 cm³/mol. The Kier molecular flexibility index (Phi) is 3.36. The molecule has 0 bridgehead atoms. The summed E-state index contributed by atoms with van der Waals surface area (Å²) in [6.45, 7) is 6.27. The van der Waals surface area contributed by atoms with Crippen LogP contribution in [0.5, 0.6) is 0 Å². The molecule has 1 nitrogen and oxygen atoms in total. The minimum atomic E-state index is -0.559. The van der Waals surface area contributed by atoms with E-state index in [0.717, 1.165) is 16.7 Å². The van der Waals surface area contributed by atoms with Crippen molar-refractivity contribution in [2.45, 2.75) is 26.9 Å². The maximum atomic E-state index is 10.8. The molecule has 0 aliphatic heterocycles. The van der Waals surface area contributed by atoms with Gasteiger partial charge in [-0.1, -0.05) is 30.3 Å². The fourth-order valence-corrected chi connectivity index (χ4v) is 3.62. The third-order valence-electron chi connectivity index (χ3n) is 3.98. The number of hydrogen-bond acceptors (Lipinski definition) is 2. The monoisotopic (exact) mass is 282 g/mol. The standard InChI is InChI=1S/C18H18OS/c1-11-9-13(3)16(10-12(11)2)17(19)15-6-4-5-14-7-8-20-18(14)15/h4-10,17,19H,1-3H3. The third-order valence-corrected chi connectivity index (χ3v) is 4.96. The van der Waals surface area contributed by atoms with Crippen LogP contribution in [0.1, 0.15) is 33.9 Å². The van der Waals surface area contributed by atoms with Gasteiger partial charge in [0.1, 0.15) is 6.10 Å². The molecule has 0 saturated heterocycles. The Bertz CT molecular complexity index is 770. The number of thiophene rings is 1. The Morgan fingerprint density at radius 1 is 0.900 bits per heavy atom. The molecular weight excluding hydrogens is 264 g/mol. The smallest absolute Gasteiger partial charge is 0.106 e. The van der Waals surface area contributed by atoms with Crippen LogP contribution < -0.4 is 0 Å². The van der Waals surface area contributed by atoms with Crippen molar-refractivity contribution in [3.8, 4) is 0 Å². The zero-order valence-electron chi connectivity index (χ0n) is 12.0. The van der Waals surface area contributed by atoms with Gasteiger partial charge in [0.15, 0.2) is 0 Å². The largest absolute Gasteiger partial charge is 0.384 e. The van der Waals surface area contributed by atoms with E-state index in [9.17, 15) is 5.11 Å². The molecule has 1 aromatic heterocycles. The lowest BCUT2D eigenvalue weighted by Crippen LogP contribution is -2.03. The summed E-state index contributed by atoms with van der Waals surface area (Å²) in [6, 6.07) is 12.5. The quantitative estimate of drug-likeness (QED) is 0.708. The van der Waals surface area contributed by atoms with Gasteiger partial charge in [0.05, 0.1) is 0 Å². The molecule has 0 radical (unpaired) electrons. The van der Waals surface area contributed by atoms with Crippen molar-refractivity contribution in [2.75, 3.05) is 0 Å². The summed E-state index contributed by atoms with van der Waals surface area (Å²) in [6.07, 6.45) is -0.559. The van der Waals surface area contributed by atoms with Crippen molar-refractivity contribution in [1.29, 1.82) is 0 Å². The highest BCUT2D eigenvalue weighted by Crippen LogP contribution is 2.34. The maximum absolute atomic E-state index is 10.8. The van der Waals surface area contributed by atoms with Crippen molar-refractivity contribution >= 4 is 21.4 Å². The molecule has 0 aliphatic carbocycles. The Labute approximate surface area is 123 Å². The van der Waals surface area contributed by atoms with E-state index in [-0.39, 0.29) is 0 Å². The average Bonchev–Trinajstić information content (AvgIpc) is 2.90. The molecule has 20 heavy (non-hydrogen) atoms. The fourth-order valence-electron chi connectivity index (χ4n) is 2.68. The first kappa shape index (κ1) is 13.3. The molecule has 0 fully saturated rings. The lowest BCUT2D eigenvalue weighted by Gasteiger charge is -2.17. The summed E-state index contributed by atoms with van der Waals surface area (Å²) in [5.74, 6) is 0. The van der Waals surface area contributed by atoms with Crippen LogP contribution in [0.3, 0.4) is 0 Å². The topological polar surface area (TPSA) is 20.2 Å². The summed E-state index contributed by atoms with van der Waals surface area (Å²) in [7, 11) is 0. The number of benzene rings is 2. The normalized spacial score (nSPS) is 12.8. The van der Waals surface area contributed by atoms with E-state index in [0.29, 0.717) is 0 Å². The van der Waals surface area contributed by atoms with Crippen LogP contribution in [0.4, 0.5) is 0 Å². The Hall–Kier alpha value is -1.64. The SMILES string of the molecule is Cc1cc(C)c(C(O)c2cccc3ccsc23)cc1C. The van der Waals surface area contributed by atoms with Crippen molar-refractivity contribution in [3.63, 3.8) is 0 Å². The highest BCUT2D eigenvalue weighted by atomic mass is 32.1. The van der Waals surface area contributed by atoms with Crippen molar-refractivity contribution in [1.82, 2.24) is 0 Å². The van der Waals surface area contributed by atoms with Crippen LogP contribution in [0.25, 0.3) is 10.1 Å². The van der Waals surface area contributed by atoms with Gasteiger partial charge in [-0.05, 0) is 59.9 Å².